The van der Waals surface area contributed by atoms with Gasteiger partial charge in [0.2, 0.25) is 0 Å². The zero-order valence-corrected chi connectivity index (χ0v) is 12.7. The fraction of sp³-hybridized carbons (Fsp3) is 0.294. The van der Waals surface area contributed by atoms with Crippen molar-refractivity contribution >= 4 is 0 Å². The third kappa shape index (κ3) is 4.19. The second-order valence-electron chi connectivity index (χ2n) is 4.88. The predicted octanol–water partition coefficient (Wildman–Crippen LogP) is 2.67. The Morgan fingerprint density at radius 1 is 1.14 bits per heavy atom. The molecule has 1 atom stereocenters. The molecule has 0 fully saturated rings. The van der Waals surface area contributed by atoms with Gasteiger partial charge in [0, 0.05) is 24.7 Å². The lowest BCUT2D eigenvalue weighted by molar-refractivity contribution is 0.174. The van der Waals surface area contributed by atoms with Crippen molar-refractivity contribution < 1.29 is 19.0 Å². The van der Waals surface area contributed by atoms with E-state index in [0.29, 0.717) is 24.4 Å². The number of aliphatic hydroxyl groups excluding tert-OH is 1. The predicted molar refractivity (Wildman–Crippen MR) is 82.6 cm³/mol. The summed E-state index contributed by atoms with van der Waals surface area (Å²) in [4.78, 5) is 0. The van der Waals surface area contributed by atoms with Crippen LogP contribution < -0.4 is 14.8 Å². The number of hydrogen-bond acceptors (Lipinski definition) is 4. The lowest BCUT2D eigenvalue weighted by Crippen LogP contribution is -2.21. The second kappa shape index (κ2) is 7.77. The maximum atomic E-state index is 13.1. The molecule has 2 aromatic rings. The maximum absolute atomic E-state index is 13.1. The van der Waals surface area contributed by atoms with Gasteiger partial charge in [0.15, 0.2) is 0 Å². The first kappa shape index (κ1) is 16.3. The summed E-state index contributed by atoms with van der Waals surface area (Å²) in [5, 5.41) is 13.2. The Hall–Kier alpha value is -2.11. The molecular weight excluding hydrogens is 285 g/mol. The van der Waals surface area contributed by atoms with Crippen LogP contribution in [0.15, 0.2) is 42.5 Å². The summed E-state index contributed by atoms with van der Waals surface area (Å²) < 4.78 is 23.6. The van der Waals surface area contributed by atoms with Gasteiger partial charge in [0.05, 0.1) is 20.3 Å². The van der Waals surface area contributed by atoms with Crippen molar-refractivity contribution in [2.75, 3.05) is 20.8 Å². The van der Waals surface area contributed by atoms with Crippen LogP contribution in [0.1, 0.15) is 17.2 Å². The third-order valence-corrected chi connectivity index (χ3v) is 3.38. The molecule has 0 saturated heterocycles. The highest BCUT2D eigenvalue weighted by atomic mass is 19.1. The van der Waals surface area contributed by atoms with E-state index in [0.717, 1.165) is 11.3 Å². The summed E-state index contributed by atoms with van der Waals surface area (Å²) in [6, 6.07) is 11.5. The highest BCUT2D eigenvalue weighted by Gasteiger charge is 2.09. The number of ether oxygens (including phenoxy) is 2. The summed E-state index contributed by atoms with van der Waals surface area (Å²) in [5.74, 6) is 1.08. The Labute approximate surface area is 129 Å². The van der Waals surface area contributed by atoms with Crippen molar-refractivity contribution in [2.24, 2.45) is 0 Å². The zero-order chi connectivity index (χ0) is 15.9. The van der Waals surface area contributed by atoms with E-state index >= 15 is 0 Å². The van der Waals surface area contributed by atoms with Gasteiger partial charge in [-0.05, 0) is 23.8 Å². The molecule has 2 N–H and O–H groups in total. The van der Waals surface area contributed by atoms with Gasteiger partial charge in [0.1, 0.15) is 17.3 Å². The van der Waals surface area contributed by atoms with Crippen LogP contribution in [0.5, 0.6) is 11.5 Å². The summed E-state index contributed by atoms with van der Waals surface area (Å²) in [5.41, 5.74) is 1.50. The zero-order valence-electron chi connectivity index (χ0n) is 12.7. The Balaban J connectivity index is 1.93. The fourth-order valence-corrected chi connectivity index (χ4v) is 2.17. The van der Waals surface area contributed by atoms with Gasteiger partial charge in [-0.3, -0.25) is 0 Å². The van der Waals surface area contributed by atoms with E-state index < -0.39 is 6.10 Å². The molecule has 0 radical (unpaired) electrons. The number of halogens is 1. The molecule has 0 spiro atoms. The Kier molecular flexibility index (Phi) is 5.75. The smallest absolute Gasteiger partial charge is 0.127 e. The van der Waals surface area contributed by atoms with Crippen LogP contribution in [0.3, 0.4) is 0 Å². The molecule has 2 rings (SSSR count). The van der Waals surface area contributed by atoms with Crippen LogP contribution in [-0.2, 0) is 6.54 Å². The van der Waals surface area contributed by atoms with Gasteiger partial charge >= 0.3 is 0 Å². The Morgan fingerprint density at radius 2 is 1.95 bits per heavy atom. The quantitative estimate of drug-likeness (QED) is 0.826. The van der Waals surface area contributed by atoms with Gasteiger partial charge in [-0.15, -0.1) is 0 Å². The molecule has 4 nitrogen and oxygen atoms in total. The van der Waals surface area contributed by atoms with Crippen LogP contribution in [0.4, 0.5) is 4.39 Å². The van der Waals surface area contributed by atoms with Crippen molar-refractivity contribution in [1.82, 2.24) is 5.32 Å². The number of nitrogens with one attached hydrogen (secondary N) is 1. The van der Waals surface area contributed by atoms with Crippen LogP contribution in [0.25, 0.3) is 0 Å². The SMILES string of the molecule is COc1ccc(CNCC(O)c2cccc(F)c2)c(OC)c1. The number of benzene rings is 2. The molecule has 0 aliphatic carbocycles. The maximum Gasteiger partial charge on any atom is 0.127 e. The van der Waals surface area contributed by atoms with Crippen molar-refractivity contribution in [3.05, 3.63) is 59.4 Å². The minimum absolute atomic E-state index is 0.318. The molecular formula is C17H20FNO3. The van der Waals surface area contributed by atoms with Crippen LogP contribution in [0, 0.1) is 5.82 Å². The standard InChI is InChI=1S/C17H20FNO3/c1-21-15-7-6-13(17(9-15)22-2)10-19-11-16(20)12-4-3-5-14(18)8-12/h3-9,16,19-20H,10-11H2,1-2H3. The van der Waals surface area contributed by atoms with Gasteiger partial charge < -0.3 is 19.9 Å². The number of rotatable bonds is 7. The largest absolute Gasteiger partial charge is 0.497 e. The summed E-state index contributed by atoms with van der Waals surface area (Å²) in [6.45, 7) is 0.845. The van der Waals surface area contributed by atoms with E-state index in [2.05, 4.69) is 5.32 Å². The lowest BCUT2D eigenvalue weighted by atomic mass is 10.1. The van der Waals surface area contributed by atoms with E-state index in [-0.39, 0.29) is 5.82 Å². The first-order valence-electron chi connectivity index (χ1n) is 6.99. The molecule has 1 unspecified atom stereocenters. The van der Waals surface area contributed by atoms with E-state index in [1.807, 2.05) is 12.1 Å². The molecule has 0 amide bonds. The van der Waals surface area contributed by atoms with Crippen LogP contribution in [0.2, 0.25) is 0 Å². The topological polar surface area (TPSA) is 50.7 Å². The number of methoxy groups -OCH3 is 2. The molecule has 0 aliphatic rings. The van der Waals surface area contributed by atoms with E-state index in [1.165, 1.54) is 12.1 Å². The number of hydrogen-bond donors (Lipinski definition) is 2. The average Bonchev–Trinajstić information content (AvgIpc) is 2.54. The molecule has 0 aromatic heterocycles. The molecule has 118 valence electrons. The minimum atomic E-state index is -0.764. The van der Waals surface area contributed by atoms with Gasteiger partial charge in [0.25, 0.3) is 0 Å². The molecule has 5 heteroatoms. The first-order chi connectivity index (χ1) is 10.6. The van der Waals surface area contributed by atoms with Crippen molar-refractivity contribution in [3.8, 4) is 11.5 Å². The fourth-order valence-electron chi connectivity index (χ4n) is 2.17. The van der Waals surface area contributed by atoms with Crippen LogP contribution >= 0.6 is 0 Å². The summed E-state index contributed by atoms with van der Waals surface area (Å²) in [7, 11) is 3.20. The Bertz CT molecular complexity index is 619. The van der Waals surface area contributed by atoms with Gasteiger partial charge in [-0.2, -0.15) is 0 Å². The normalized spacial score (nSPS) is 12.0. The van der Waals surface area contributed by atoms with Gasteiger partial charge in [-0.1, -0.05) is 18.2 Å². The van der Waals surface area contributed by atoms with Crippen molar-refractivity contribution in [1.29, 1.82) is 0 Å². The summed E-state index contributed by atoms with van der Waals surface area (Å²) >= 11 is 0. The van der Waals surface area contributed by atoms with E-state index in [1.54, 1.807) is 32.4 Å². The third-order valence-electron chi connectivity index (χ3n) is 3.38. The molecule has 0 bridgehead atoms. The minimum Gasteiger partial charge on any atom is -0.497 e. The van der Waals surface area contributed by atoms with E-state index in [4.69, 9.17) is 9.47 Å². The monoisotopic (exact) mass is 305 g/mol. The van der Waals surface area contributed by atoms with Gasteiger partial charge in [-0.25, -0.2) is 4.39 Å². The molecule has 0 saturated carbocycles. The number of aliphatic hydroxyl groups is 1. The highest BCUT2D eigenvalue weighted by molar-refractivity contribution is 5.40. The van der Waals surface area contributed by atoms with Crippen LogP contribution in [-0.4, -0.2) is 25.9 Å². The summed E-state index contributed by atoms with van der Waals surface area (Å²) in [6.07, 6.45) is -0.764. The second-order valence-corrected chi connectivity index (χ2v) is 4.88. The Morgan fingerprint density at radius 3 is 2.64 bits per heavy atom. The lowest BCUT2D eigenvalue weighted by Gasteiger charge is -2.14. The van der Waals surface area contributed by atoms with E-state index in [9.17, 15) is 9.50 Å². The van der Waals surface area contributed by atoms with Crippen molar-refractivity contribution in [2.45, 2.75) is 12.6 Å². The van der Waals surface area contributed by atoms with Crippen molar-refractivity contribution in [3.63, 3.8) is 0 Å². The highest BCUT2D eigenvalue weighted by Crippen LogP contribution is 2.24. The average molecular weight is 305 g/mol. The molecule has 0 heterocycles. The molecule has 0 aliphatic heterocycles. The molecule has 2 aromatic carbocycles. The molecule has 22 heavy (non-hydrogen) atoms. The first-order valence-corrected chi connectivity index (χ1v) is 6.99.